The lowest BCUT2D eigenvalue weighted by molar-refractivity contribution is -0.131. The van der Waals surface area contributed by atoms with Crippen molar-refractivity contribution in [2.45, 2.75) is 17.1 Å². The second-order valence-corrected chi connectivity index (χ2v) is 8.05. The van der Waals surface area contributed by atoms with Gasteiger partial charge in [0, 0.05) is 41.7 Å². The van der Waals surface area contributed by atoms with Gasteiger partial charge in [0.05, 0.1) is 5.25 Å². The van der Waals surface area contributed by atoms with Crippen molar-refractivity contribution < 1.29 is 9.59 Å². The molecule has 1 fully saturated rings. The maximum atomic E-state index is 12.7. The van der Waals surface area contributed by atoms with E-state index < -0.39 is 0 Å². The van der Waals surface area contributed by atoms with Gasteiger partial charge in [0.15, 0.2) is 0 Å². The SMILES string of the molecule is C[C@H](Sc1ccc(Cl)cc1)C(=O)N1CCN(C(=O)c2ccccc2)CC1. The van der Waals surface area contributed by atoms with Crippen molar-refractivity contribution >= 4 is 35.2 Å². The zero-order valence-corrected chi connectivity index (χ0v) is 16.2. The van der Waals surface area contributed by atoms with Crippen LogP contribution in [-0.2, 0) is 4.79 Å². The van der Waals surface area contributed by atoms with Gasteiger partial charge in [-0.2, -0.15) is 0 Å². The van der Waals surface area contributed by atoms with E-state index in [1.807, 2.05) is 71.3 Å². The first-order valence-electron chi connectivity index (χ1n) is 8.60. The lowest BCUT2D eigenvalue weighted by Gasteiger charge is -2.36. The van der Waals surface area contributed by atoms with Crippen LogP contribution in [-0.4, -0.2) is 53.0 Å². The molecular formula is C20H21ClN2O2S. The van der Waals surface area contributed by atoms with Crippen LogP contribution in [0.5, 0.6) is 0 Å². The summed E-state index contributed by atoms with van der Waals surface area (Å²) in [7, 11) is 0. The van der Waals surface area contributed by atoms with Crippen LogP contribution in [0.3, 0.4) is 0 Å². The molecule has 1 heterocycles. The molecule has 0 aromatic heterocycles. The average Bonchev–Trinajstić information content (AvgIpc) is 2.69. The summed E-state index contributed by atoms with van der Waals surface area (Å²) in [5, 5.41) is 0.514. The van der Waals surface area contributed by atoms with Crippen LogP contribution in [0.4, 0.5) is 0 Å². The van der Waals surface area contributed by atoms with Crippen molar-refractivity contribution in [2.75, 3.05) is 26.2 Å². The summed E-state index contributed by atoms with van der Waals surface area (Å²) in [6, 6.07) is 16.8. The van der Waals surface area contributed by atoms with Gasteiger partial charge in [-0.1, -0.05) is 29.8 Å². The monoisotopic (exact) mass is 388 g/mol. The molecule has 0 unspecified atom stereocenters. The molecule has 136 valence electrons. The molecule has 0 bridgehead atoms. The van der Waals surface area contributed by atoms with Gasteiger partial charge < -0.3 is 9.80 Å². The zero-order chi connectivity index (χ0) is 18.5. The molecule has 1 aliphatic rings. The van der Waals surface area contributed by atoms with Crippen molar-refractivity contribution in [3.05, 3.63) is 65.2 Å². The third-order valence-corrected chi connectivity index (χ3v) is 5.73. The first-order valence-corrected chi connectivity index (χ1v) is 9.85. The van der Waals surface area contributed by atoms with Gasteiger partial charge >= 0.3 is 0 Å². The normalized spacial score (nSPS) is 15.6. The number of rotatable bonds is 4. The molecule has 0 spiro atoms. The Hall–Kier alpha value is -1.98. The standard InChI is InChI=1S/C20H21ClN2O2S/c1-15(26-18-9-7-17(21)8-10-18)19(24)22-11-13-23(14-12-22)20(25)16-5-3-2-4-6-16/h2-10,15H,11-14H2,1H3/t15-/m0/s1. The van der Waals surface area contributed by atoms with Crippen LogP contribution in [0.25, 0.3) is 0 Å². The highest BCUT2D eigenvalue weighted by Crippen LogP contribution is 2.26. The van der Waals surface area contributed by atoms with Gasteiger partial charge in [-0.05, 0) is 43.3 Å². The molecule has 0 aliphatic carbocycles. The number of piperazine rings is 1. The van der Waals surface area contributed by atoms with E-state index in [4.69, 9.17) is 11.6 Å². The quantitative estimate of drug-likeness (QED) is 0.748. The minimum Gasteiger partial charge on any atom is -0.338 e. The minimum absolute atomic E-state index is 0.0290. The number of nitrogens with zero attached hydrogens (tertiary/aromatic N) is 2. The van der Waals surface area contributed by atoms with Crippen molar-refractivity contribution in [3.63, 3.8) is 0 Å². The fraction of sp³-hybridized carbons (Fsp3) is 0.300. The summed E-state index contributed by atoms with van der Waals surface area (Å²) in [6.45, 7) is 4.20. The van der Waals surface area contributed by atoms with E-state index in [1.165, 1.54) is 11.8 Å². The first kappa shape index (κ1) is 18.8. The van der Waals surface area contributed by atoms with Gasteiger partial charge in [-0.25, -0.2) is 0 Å². The van der Waals surface area contributed by atoms with Crippen molar-refractivity contribution in [2.24, 2.45) is 0 Å². The number of benzene rings is 2. The number of carbonyl (C=O) groups excluding carboxylic acids is 2. The number of thioether (sulfide) groups is 1. The molecule has 0 N–H and O–H groups in total. The van der Waals surface area contributed by atoms with E-state index in [0.29, 0.717) is 36.8 Å². The highest BCUT2D eigenvalue weighted by Gasteiger charge is 2.27. The number of hydrogen-bond donors (Lipinski definition) is 0. The lowest BCUT2D eigenvalue weighted by Crippen LogP contribution is -2.52. The molecule has 1 saturated heterocycles. The highest BCUT2D eigenvalue weighted by molar-refractivity contribution is 8.00. The summed E-state index contributed by atoms with van der Waals surface area (Å²) in [4.78, 5) is 29.9. The molecule has 2 aromatic carbocycles. The Morgan fingerprint density at radius 3 is 2.12 bits per heavy atom. The van der Waals surface area contributed by atoms with Gasteiger partial charge in [-0.3, -0.25) is 9.59 Å². The summed E-state index contributed by atoms with van der Waals surface area (Å²) in [5.41, 5.74) is 0.693. The Balaban J connectivity index is 1.53. The van der Waals surface area contributed by atoms with Crippen LogP contribution < -0.4 is 0 Å². The second-order valence-electron chi connectivity index (χ2n) is 6.20. The number of hydrogen-bond acceptors (Lipinski definition) is 3. The Morgan fingerprint density at radius 2 is 1.50 bits per heavy atom. The van der Waals surface area contributed by atoms with E-state index in [-0.39, 0.29) is 17.1 Å². The van der Waals surface area contributed by atoms with Gasteiger partial charge in [0.1, 0.15) is 0 Å². The Morgan fingerprint density at radius 1 is 0.923 bits per heavy atom. The third kappa shape index (κ3) is 4.59. The van der Waals surface area contributed by atoms with Crippen LogP contribution in [0.2, 0.25) is 5.02 Å². The molecule has 1 aliphatic heterocycles. The first-order chi connectivity index (χ1) is 12.5. The predicted octanol–water partition coefficient (Wildman–Crippen LogP) is 3.81. The largest absolute Gasteiger partial charge is 0.338 e. The summed E-state index contributed by atoms with van der Waals surface area (Å²) >= 11 is 7.43. The van der Waals surface area contributed by atoms with Crippen molar-refractivity contribution in [3.8, 4) is 0 Å². The average molecular weight is 389 g/mol. The van der Waals surface area contributed by atoms with E-state index in [1.54, 1.807) is 0 Å². The molecule has 4 nitrogen and oxygen atoms in total. The Kier molecular flexibility index (Phi) is 6.22. The lowest BCUT2D eigenvalue weighted by atomic mass is 10.2. The maximum absolute atomic E-state index is 12.7. The second kappa shape index (κ2) is 8.60. The maximum Gasteiger partial charge on any atom is 0.253 e. The van der Waals surface area contributed by atoms with E-state index >= 15 is 0 Å². The molecule has 26 heavy (non-hydrogen) atoms. The molecular weight excluding hydrogens is 368 g/mol. The van der Waals surface area contributed by atoms with E-state index in [2.05, 4.69) is 0 Å². The molecule has 1 atom stereocenters. The number of halogens is 1. The molecule has 6 heteroatoms. The molecule has 2 amide bonds. The van der Waals surface area contributed by atoms with E-state index in [9.17, 15) is 9.59 Å². The summed E-state index contributed by atoms with van der Waals surface area (Å²) < 4.78 is 0. The fourth-order valence-electron chi connectivity index (χ4n) is 2.92. The molecule has 0 radical (unpaired) electrons. The molecule has 2 aromatic rings. The van der Waals surface area contributed by atoms with Gasteiger partial charge in [-0.15, -0.1) is 11.8 Å². The Labute approximate surface area is 163 Å². The van der Waals surface area contributed by atoms with Gasteiger partial charge in [0.25, 0.3) is 5.91 Å². The zero-order valence-electron chi connectivity index (χ0n) is 14.6. The van der Waals surface area contributed by atoms with Crippen LogP contribution in [0.1, 0.15) is 17.3 Å². The van der Waals surface area contributed by atoms with Crippen LogP contribution in [0, 0.1) is 0 Å². The molecule has 0 saturated carbocycles. The smallest absolute Gasteiger partial charge is 0.253 e. The minimum atomic E-state index is -0.174. The van der Waals surface area contributed by atoms with E-state index in [0.717, 1.165) is 4.90 Å². The predicted molar refractivity (Wildman–Crippen MR) is 106 cm³/mol. The van der Waals surface area contributed by atoms with Gasteiger partial charge in [0.2, 0.25) is 5.91 Å². The van der Waals surface area contributed by atoms with Crippen molar-refractivity contribution in [1.29, 1.82) is 0 Å². The third-order valence-electron chi connectivity index (χ3n) is 4.37. The summed E-state index contributed by atoms with van der Waals surface area (Å²) in [6.07, 6.45) is 0. The van der Waals surface area contributed by atoms with Crippen LogP contribution in [0.15, 0.2) is 59.5 Å². The topological polar surface area (TPSA) is 40.6 Å². The number of amides is 2. The van der Waals surface area contributed by atoms with Crippen molar-refractivity contribution in [1.82, 2.24) is 9.80 Å². The fourth-order valence-corrected chi connectivity index (χ4v) is 4.00. The molecule has 3 rings (SSSR count). The summed E-state index contributed by atoms with van der Waals surface area (Å²) in [5.74, 6) is 0.137. The highest BCUT2D eigenvalue weighted by atomic mass is 35.5. The Bertz CT molecular complexity index is 759. The number of carbonyl (C=O) groups is 2. The van der Waals surface area contributed by atoms with Crippen LogP contribution >= 0.6 is 23.4 Å².